The van der Waals surface area contributed by atoms with Crippen molar-refractivity contribution in [1.29, 1.82) is 0 Å². The van der Waals surface area contributed by atoms with Crippen LogP contribution in [0.4, 0.5) is 5.69 Å². The number of carbonyl (C=O) groups excluding carboxylic acids is 3. The Balaban J connectivity index is 1.58. The first kappa shape index (κ1) is 26.2. The smallest absolute Gasteiger partial charge is 0.250 e. The van der Waals surface area contributed by atoms with E-state index in [0.29, 0.717) is 24.3 Å². The zero-order valence-corrected chi connectivity index (χ0v) is 22.1. The topological polar surface area (TPSA) is 117 Å². The van der Waals surface area contributed by atoms with Crippen LogP contribution in [0.2, 0.25) is 0 Å². The van der Waals surface area contributed by atoms with E-state index in [4.69, 9.17) is 9.47 Å². The van der Waals surface area contributed by atoms with E-state index in [0.717, 1.165) is 5.56 Å². The van der Waals surface area contributed by atoms with Gasteiger partial charge in [0, 0.05) is 12.7 Å². The summed E-state index contributed by atoms with van der Waals surface area (Å²) in [6, 6.07) is 14.8. The highest BCUT2D eigenvalue weighted by Crippen LogP contribution is 2.65. The highest BCUT2D eigenvalue weighted by molar-refractivity contribution is 6.04. The number of rotatable bonds is 8. The van der Waals surface area contributed by atoms with Gasteiger partial charge in [-0.25, -0.2) is 0 Å². The molecule has 3 heterocycles. The highest BCUT2D eigenvalue weighted by Gasteiger charge is 2.80. The monoisotopic (exact) mass is 521 g/mol. The summed E-state index contributed by atoms with van der Waals surface area (Å²) in [4.78, 5) is 43.0. The molecule has 3 fully saturated rings. The lowest BCUT2D eigenvalue weighted by Crippen LogP contribution is -2.57. The Morgan fingerprint density at radius 1 is 1.16 bits per heavy atom. The van der Waals surface area contributed by atoms with E-state index in [2.05, 4.69) is 10.6 Å². The fourth-order valence-corrected chi connectivity index (χ4v) is 6.95. The zero-order chi connectivity index (χ0) is 27.2. The molecule has 2 aromatic rings. The number of nitrogens with one attached hydrogen (secondary N) is 2. The molecule has 5 rings (SSSR count). The molecule has 202 valence electrons. The van der Waals surface area contributed by atoms with Gasteiger partial charge < -0.3 is 30.1 Å². The summed E-state index contributed by atoms with van der Waals surface area (Å²) in [6.07, 6.45) is 0.809. The summed E-state index contributed by atoms with van der Waals surface area (Å²) < 4.78 is 11.9. The van der Waals surface area contributed by atoms with Crippen LogP contribution < -0.4 is 15.4 Å². The summed E-state index contributed by atoms with van der Waals surface area (Å²) in [5.74, 6) is -2.02. The number of ether oxygens (including phenoxy) is 2. The molecule has 38 heavy (non-hydrogen) atoms. The average Bonchev–Trinajstić information content (AvgIpc) is 3.44. The van der Waals surface area contributed by atoms with Crippen molar-refractivity contribution in [2.24, 2.45) is 17.8 Å². The van der Waals surface area contributed by atoms with E-state index < -0.39 is 41.0 Å². The molecule has 3 unspecified atom stereocenters. The van der Waals surface area contributed by atoms with Gasteiger partial charge in [-0.3, -0.25) is 14.4 Å². The van der Waals surface area contributed by atoms with Crippen LogP contribution in [0.1, 0.15) is 25.8 Å². The van der Waals surface area contributed by atoms with Crippen molar-refractivity contribution < 1.29 is 29.0 Å². The van der Waals surface area contributed by atoms with Crippen molar-refractivity contribution in [3.63, 3.8) is 0 Å². The van der Waals surface area contributed by atoms with Gasteiger partial charge in [-0.2, -0.15) is 0 Å². The lowest BCUT2D eigenvalue weighted by molar-refractivity contribution is -0.149. The van der Waals surface area contributed by atoms with E-state index in [1.807, 2.05) is 44.2 Å². The molecule has 0 radical (unpaired) electrons. The molecule has 3 N–H and O–H groups in total. The minimum atomic E-state index is -1.19. The number of benzene rings is 2. The number of aliphatic hydroxyl groups excluding tert-OH is 1. The van der Waals surface area contributed by atoms with Crippen LogP contribution in [-0.4, -0.2) is 71.8 Å². The fraction of sp³-hybridized carbons (Fsp3) is 0.483. The molecule has 0 aliphatic carbocycles. The number of amides is 3. The number of methoxy groups -OCH3 is 1. The number of anilines is 1. The lowest BCUT2D eigenvalue weighted by Gasteiger charge is -2.37. The van der Waals surface area contributed by atoms with Crippen LogP contribution in [0.25, 0.3) is 0 Å². The first-order chi connectivity index (χ1) is 18.2. The third kappa shape index (κ3) is 3.87. The Hall–Kier alpha value is -3.43. The number of carbonyl (C=O) groups is 3. The highest BCUT2D eigenvalue weighted by atomic mass is 16.5. The van der Waals surface area contributed by atoms with Crippen LogP contribution in [0.3, 0.4) is 0 Å². The second-order valence-corrected chi connectivity index (χ2v) is 10.8. The maximum atomic E-state index is 14.3. The second-order valence-electron chi connectivity index (χ2n) is 10.8. The minimum absolute atomic E-state index is 0.0632. The van der Waals surface area contributed by atoms with E-state index in [9.17, 15) is 19.5 Å². The number of fused-ring (bicyclic) bond motifs is 1. The number of hydrogen-bond acceptors (Lipinski definition) is 6. The number of aliphatic hydroxyl groups is 1. The summed E-state index contributed by atoms with van der Waals surface area (Å²) in [7, 11) is 3.11. The molecule has 2 aromatic carbocycles. The Kier molecular flexibility index (Phi) is 6.69. The SMILES string of the molecule is CNC(=O)[C@@H]1[C@H]2C(=O)N([C@@H](CO)Cc3ccccc3)C(C(=O)Nc3ccc(OC)cc3)C23CC(C)[C@@]1(C)O3. The second kappa shape index (κ2) is 9.71. The molecular formula is C29H35N3O6. The predicted molar refractivity (Wildman–Crippen MR) is 140 cm³/mol. The van der Waals surface area contributed by atoms with Gasteiger partial charge in [-0.15, -0.1) is 0 Å². The van der Waals surface area contributed by atoms with Crippen molar-refractivity contribution in [3.05, 3.63) is 60.2 Å². The Morgan fingerprint density at radius 3 is 2.45 bits per heavy atom. The molecule has 9 nitrogen and oxygen atoms in total. The first-order valence-corrected chi connectivity index (χ1v) is 13.0. The molecule has 3 saturated heterocycles. The first-order valence-electron chi connectivity index (χ1n) is 13.0. The molecule has 9 heteroatoms. The largest absolute Gasteiger partial charge is 0.497 e. The Bertz CT molecular complexity index is 1220. The number of nitrogens with zero attached hydrogens (tertiary/aromatic N) is 1. The van der Waals surface area contributed by atoms with Crippen molar-refractivity contribution in [3.8, 4) is 5.75 Å². The number of likely N-dealkylation sites (tertiary alicyclic amines) is 1. The van der Waals surface area contributed by atoms with Gasteiger partial charge in [0.15, 0.2) is 0 Å². The summed E-state index contributed by atoms with van der Waals surface area (Å²) >= 11 is 0. The van der Waals surface area contributed by atoms with Gasteiger partial charge in [0.25, 0.3) is 0 Å². The lowest BCUT2D eigenvalue weighted by atomic mass is 9.62. The molecule has 7 atom stereocenters. The maximum absolute atomic E-state index is 14.3. The van der Waals surface area contributed by atoms with E-state index in [-0.39, 0.29) is 24.3 Å². The average molecular weight is 522 g/mol. The van der Waals surface area contributed by atoms with E-state index in [1.165, 1.54) is 4.90 Å². The van der Waals surface area contributed by atoms with Gasteiger partial charge >= 0.3 is 0 Å². The Morgan fingerprint density at radius 2 is 1.84 bits per heavy atom. The molecule has 3 aliphatic heterocycles. The molecule has 2 bridgehead atoms. The summed E-state index contributed by atoms with van der Waals surface area (Å²) in [5, 5.41) is 16.2. The van der Waals surface area contributed by atoms with Gasteiger partial charge in [0.05, 0.1) is 37.2 Å². The number of hydrogen-bond donors (Lipinski definition) is 3. The molecule has 3 aliphatic rings. The molecule has 0 saturated carbocycles. The van der Waals surface area contributed by atoms with Crippen LogP contribution >= 0.6 is 0 Å². The Labute approximate surface area is 222 Å². The summed E-state index contributed by atoms with van der Waals surface area (Å²) in [6.45, 7) is 3.53. The maximum Gasteiger partial charge on any atom is 0.250 e. The third-order valence-corrected chi connectivity index (χ3v) is 8.81. The van der Waals surface area contributed by atoms with Gasteiger partial charge in [-0.05, 0) is 55.5 Å². The van der Waals surface area contributed by atoms with Crippen molar-refractivity contribution in [2.45, 2.75) is 50.0 Å². The standard InChI is InChI=1S/C29H35N3O6/c1-17-15-29-23(22(25(34)30-3)28(17,2)38-29)27(36)32(20(16-33)14-18-8-6-5-7-9-18)24(29)26(35)31-19-10-12-21(37-4)13-11-19/h5-13,17,20,22-24,33H,14-16H2,1-4H3,(H,30,34)(H,31,35)/t17?,20-,22+,23+,24?,28-,29?/m1/s1. The zero-order valence-electron chi connectivity index (χ0n) is 22.1. The fourth-order valence-electron chi connectivity index (χ4n) is 6.95. The van der Waals surface area contributed by atoms with E-state index in [1.54, 1.807) is 38.4 Å². The molecule has 0 aromatic heterocycles. The minimum Gasteiger partial charge on any atom is -0.497 e. The third-order valence-electron chi connectivity index (χ3n) is 8.81. The van der Waals surface area contributed by atoms with Crippen LogP contribution in [0.5, 0.6) is 5.75 Å². The van der Waals surface area contributed by atoms with Crippen LogP contribution in [0, 0.1) is 17.8 Å². The van der Waals surface area contributed by atoms with Crippen molar-refractivity contribution >= 4 is 23.4 Å². The quantitative estimate of drug-likeness (QED) is 0.489. The van der Waals surface area contributed by atoms with Crippen molar-refractivity contribution in [2.75, 3.05) is 26.1 Å². The molecular weight excluding hydrogens is 486 g/mol. The van der Waals surface area contributed by atoms with E-state index >= 15 is 0 Å². The van der Waals surface area contributed by atoms with Gasteiger partial charge in [0.1, 0.15) is 17.4 Å². The molecule has 1 spiro atoms. The normalized spacial score (nSPS) is 32.1. The van der Waals surface area contributed by atoms with Crippen LogP contribution in [0.15, 0.2) is 54.6 Å². The van der Waals surface area contributed by atoms with Gasteiger partial charge in [-0.1, -0.05) is 37.3 Å². The summed E-state index contributed by atoms with van der Waals surface area (Å²) in [5.41, 5.74) is -0.611. The van der Waals surface area contributed by atoms with Crippen molar-refractivity contribution in [1.82, 2.24) is 10.2 Å². The predicted octanol–water partition coefficient (Wildman–Crippen LogP) is 1.99. The van der Waals surface area contributed by atoms with Crippen LogP contribution in [-0.2, 0) is 25.5 Å². The van der Waals surface area contributed by atoms with Gasteiger partial charge in [0.2, 0.25) is 17.7 Å². The molecule has 3 amide bonds.